The number of nitrogens with zero attached hydrogens (tertiary/aromatic N) is 1. The van der Waals surface area contributed by atoms with Crippen LogP contribution in [-0.4, -0.2) is 24.1 Å². The Morgan fingerprint density at radius 1 is 1.04 bits per heavy atom. The molecule has 2 amide bonds. The Morgan fingerprint density at radius 2 is 1.73 bits per heavy atom. The number of carbonyl (C=O) groups is 2. The van der Waals surface area contributed by atoms with Gasteiger partial charge in [0.05, 0.1) is 7.11 Å². The number of ether oxygens (including phenoxy) is 1. The molecule has 0 aliphatic heterocycles. The maximum Gasteiger partial charge on any atom is 0.412 e. The molecule has 0 atom stereocenters. The molecule has 2 aromatic carbocycles. The van der Waals surface area contributed by atoms with Crippen molar-refractivity contribution in [1.82, 2.24) is 4.98 Å². The Kier molecular flexibility index (Phi) is 5.50. The molecule has 0 saturated heterocycles. The maximum absolute atomic E-state index is 12.4. The Bertz CT molecular complexity index is 927. The predicted octanol–water partition coefficient (Wildman–Crippen LogP) is 4.89. The molecule has 0 saturated carbocycles. The van der Waals surface area contributed by atoms with Gasteiger partial charge in [-0.2, -0.15) is 0 Å². The summed E-state index contributed by atoms with van der Waals surface area (Å²) < 4.78 is 4.64. The third-order valence-electron chi connectivity index (χ3n) is 3.40. The molecule has 0 bridgehead atoms. The van der Waals surface area contributed by atoms with E-state index in [0.29, 0.717) is 26.4 Å². The van der Waals surface area contributed by atoms with Gasteiger partial charge in [0.1, 0.15) is 10.7 Å². The van der Waals surface area contributed by atoms with E-state index in [-0.39, 0.29) is 5.91 Å². The average Bonchev–Trinajstić information content (AvgIpc) is 3.05. The highest BCUT2D eigenvalue weighted by molar-refractivity contribution is 7.20. The number of anilines is 2. The maximum atomic E-state index is 12.4. The lowest BCUT2D eigenvalue weighted by Crippen LogP contribution is -2.11. The summed E-state index contributed by atoms with van der Waals surface area (Å²) >= 11 is 6.98. The lowest BCUT2D eigenvalue weighted by Gasteiger charge is -2.03. The zero-order valence-electron chi connectivity index (χ0n) is 13.7. The summed E-state index contributed by atoms with van der Waals surface area (Å²) in [6, 6.07) is 15.9. The van der Waals surface area contributed by atoms with E-state index in [1.165, 1.54) is 7.11 Å². The SMILES string of the molecule is COC(=O)Nc1sc(NC(=O)c2ccc(Cl)cc2)nc1-c1ccccc1. The van der Waals surface area contributed by atoms with Crippen molar-refractivity contribution in [3.05, 3.63) is 65.2 Å². The summed E-state index contributed by atoms with van der Waals surface area (Å²) in [4.78, 5) is 28.4. The number of carbonyl (C=O) groups excluding carboxylic acids is 2. The molecule has 0 fully saturated rings. The van der Waals surface area contributed by atoms with Gasteiger partial charge in [0.25, 0.3) is 5.91 Å². The molecule has 3 aromatic rings. The second-order valence-corrected chi connectivity index (χ2v) is 6.58. The fourth-order valence-corrected chi connectivity index (χ4v) is 3.16. The van der Waals surface area contributed by atoms with Crippen molar-refractivity contribution in [1.29, 1.82) is 0 Å². The van der Waals surface area contributed by atoms with Gasteiger partial charge in [-0.3, -0.25) is 15.4 Å². The number of halogens is 1. The Balaban J connectivity index is 1.89. The number of amides is 2. The fourth-order valence-electron chi connectivity index (χ4n) is 2.16. The van der Waals surface area contributed by atoms with Crippen molar-refractivity contribution in [3.8, 4) is 11.3 Å². The minimum Gasteiger partial charge on any atom is -0.453 e. The summed E-state index contributed by atoms with van der Waals surface area (Å²) in [7, 11) is 1.28. The molecule has 0 aliphatic rings. The third kappa shape index (κ3) is 4.19. The smallest absolute Gasteiger partial charge is 0.412 e. The lowest BCUT2D eigenvalue weighted by molar-refractivity contribution is 0.102. The molecule has 6 nitrogen and oxygen atoms in total. The van der Waals surface area contributed by atoms with Gasteiger partial charge in [-0.1, -0.05) is 53.3 Å². The predicted molar refractivity (Wildman–Crippen MR) is 103 cm³/mol. The van der Waals surface area contributed by atoms with Crippen molar-refractivity contribution in [2.45, 2.75) is 0 Å². The molecule has 0 spiro atoms. The largest absolute Gasteiger partial charge is 0.453 e. The van der Waals surface area contributed by atoms with Gasteiger partial charge in [-0.15, -0.1) is 0 Å². The third-order valence-corrected chi connectivity index (χ3v) is 4.54. The van der Waals surface area contributed by atoms with Crippen LogP contribution in [0.25, 0.3) is 11.3 Å². The van der Waals surface area contributed by atoms with Gasteiger partial charge in [-0.25, -0.2) is 9.78 Å². The molecular formula is C18H14ClN3O3S. The van der Waals surface area contributed by atoms with Gasteiger partial charge >= 0.3 is 6.09 Å². The second-order valence-electron chi connectivity index (χ2n) is 5.14. The Morgan fingerprint density at radius 3 is 2.38 bits per heavy atom. The first-order chi connectivity index (χ1) is 12.6. The van der Waals surface area contributed by atoms with E-state index >= 15 is 0 Å². The molecule has 0 radical (unpaired) electrons. The zero-order chi connectivity index (χ0) is 18.5. The Hall–Kier alpha value is -2.90. The van der Waals surface area contributed by atoms with Crippen molar-refractivity contribution in [2.24, 2.45) is 0 Å². The van der Waals surface area contributed by atoms with E-state index in [0.717, 1.165) is 16.9 Å². The topological polar surface area (TPSA) is 80.3 Å². The minimum absolute atomic E-state index is 0.320. The Labute approximate surface area is 158 Å². The molecule has 26 heavy (non-hydrogen) atoms. The number of thiazole rings is 1. The highest BCUT2D eigenvalue weighted by Gasteiger charge is 2.17. The molecule has 1 aromatic heterocycles. The summed E-state index contributed by atoms with van der Waals surface area (Å²) in [6.07, 6.45) is -0.610. The summed E-state index contributed by atoms with van der Waals surface area (Å²) in [5, 5.41) is 6.74. The first kappa shape index (κ1) is 17.9. The van der Waals surface area contributed by atoms with Crippen molar-refractivity contribution in [2.75, 3.05) is 17.7 Å². The van der Waals surface area contributed by atoms with Gasteiger partial charge < -0.3 is 4.74 Å². The number of methoxy groups -OCH3 is 1. The van der Waals surface area contributed by atoms with Crippen LogP contribution in [0.5, 0.6) is 0 Å². The second kappa shape index (κ2) is 7.99. The molecule has 1 heterocycles. The summed E-state index contributed by atoms with van der Waals surface area (Å²) in [5.74, 6) is -0.320. The lowest BCUT2D eigenvalue weighted by atomic mass is 10.2. The number of hydrogen-bond donors (Lipinski definition) is 2. The number of aromatic nitrogens is 1. The quantitative estimate of drug-likeness (QED) is 0.667. The van der Waals surface area contributed by atoms with Crippen LogP contribution in [0, 0.1) is 0 Å². The molecule has 8 heteroatoms. The van der Waals surface area contributed by atoms with Crippen LogP contribution in [0.3, 0.4) is 0 Å². The van der Waals surface area contributed by atoms with Crippen LogP contribution in [0.15, 0.2) is 54.6 Å². The van der Waals surface area contributed by atoms with Crippen LogP contribution in [0.2, 0.25) is 5.02 Å². The van der Waals surface area contributed by atoms with Gasteiger partial charge in [0.2, 0.25) is 0 Å². The first-order valence-corrected chi connectivity index (χ1v) is 8.74. The fraction of sp³-hybridized carbons (Fsp3) is 0.0556. The van der Waals surface area contributed by atoms with Crippen LogP contribution in [0.4, 0.5) is 14.9 Å². The van der Waals surface area contributed by atoms with E-state index in [1.54, 1.807) is 24.3 Å². The molecule has 0 aliphatic carbocycles. The van der Waals surface area contributed by atoms with Crippen LogP contribution < -0.4 is 10.6 Å². The normalized spacial score (nSPS) is 10.2. The minimum atomic E-state index is -0.610. The molecular weight excluding hydrogens is 374 g/mol. The highest BCUT2D eigenvalue weighted by atomic mass is 35.5. The zero-order valence-corrected chi connectivity index (χ0v) is 15.2. The molecule has 3 rings (SSSR count). The molecule has 0 unspecified atom stereocenters. The van der Waals surface area contributed by atoms with Gasteiger partial charge in [0, 0.05) is 16.1 Å². The van der Waals surface area contributed by atoms with E-state index in [1.807, 2.05) is 30.3 Å². The van der Waals surface area contributed by atoms with Crippen LogP contribution >= 0.6 is 22.9 Å². The van der Waals surface area contributed by atoms with Gasteiger partial charge in [-0.05, 0) is 24.3 Å². The van der Waals surface area contributed by atoms with Crippen LogP contribution in [0.1, 0.15) is 10.4 Å². The summed E-state index contributed by atoms with van der Waals surface area (Å²) in [5.41, 5.74) is 1.81. The summed E-state index contributed by atoms with van der Waals surface area (Å²) in [6.45, 7) is 0. The molecule has 2 N–H and O–H groups in total. The van der Waals surface area contributed by atoms with E-state index in [4.69, 9.17) is 11.6 Å². The van der Waals surface area contributed by atoms with Crippen molar-refractivity contribution >= 4 is 45.1 Å². The van der Waals surface area contributed by atoms with E-state index in [9.17, 15) is 9.59 Å². The van der Waals surface area contributed by atoms with Crippen molar-refractivity contribution in [3.63, 3.8) is 0 Å². The highest BCUT2D eigenvalue weighted by Crippen LogP contribution is 2.36. The number of nitrogens with one attached hydrogen (secondary N) is 2. The van der Waals surface area contributed by atoms with Crippen molar-refractivity contribution < 1.29 is 14.3 Å². The van der Waals surface area contributed by atoms with E-state index < -0.39 is 6.09 Å². The first-order valence-electron chi connectivity index (χ1n) is 7.55. The van der Waals surface area contributed by atoms with Crippen LogP contribution in [-0.2, 0) is 4.74 Å². The number of rotatable bonds is 4. The monoisotopic (exact) mass is 387 g/mol. The van der Waals surface area contributed by atoms with Gasteiger partial charge in [0.15, 0.2) is 5.13 Å². The number of benzene rings is 2. The average molecular weight is 388 g/mol. The van der Waals surface area contributed by atoms with E-state index in [2.05, 4.69) is 20.4 Å². The molecule has 132 valence electrons. The number of hydrogen-bond acceptors (Lipinski definition) is 5. The standard InChI is InChI=1S/C18H14ClN3O3S/c1-25-18(24)22-16-14(11-5-3-2-4-6-11)20-17(26-16)21-15(23)12-7-9-13(19)10-8-12/h2-10H,1H3,(H,22,24)(H,20,21,23).